The van der Waals surface area contributed by atoms with Gasteiger partial charge in [-0.15, -0.1) is 0 Å². The zero-order valence-electron chi connectivity index (χ0n) is 11.6. The first kappa shape index (κ1) is 14.2. The van der Waals surface area contributed by atoms with E-state index in [2.05, 4.69) is 32.3 Å². The SMILES string of the molecule is CCCNc1nc(OCCOC)nc(-n2cccn2)n1. The van der Waals surface area contributed by atoms with Gasteiger partial charge in [-0.05, 0) is 12.5 Å². The van der Waals surface area contributed by atoms with Crippen LogP contribution >= 0.6 is 0 Å². The number of nitrogens with zero attached hydrogens (tertiary/aromatic N) is 5. The molecule has 0 bridgehead atoms. The Bertz CT molecular complexity index is 517. The number of methoxy groups -OCH3 is 1. The van der Waals surface area contributed by atoms with E-state index in [1.807, 2.05) is 0 Å². The van der Waals surface area contributed by atoms with Gasteiger partial charge < -0.3 is 14.8 Å². The van der Waals surface area contributed by atoms with Crippen LogP contribution in [0.2, 0.25) is 0 Å². The maximum absolute atomic E-state index is 5.44. The van der Waals surface area contributed by atoms with Gasteiger partial charge in [0.1, 0.15) is 6.61 Å². The predicted octanol–water partition coefficient (Wildman–Crippen LogP) is 0.904. The lowest BCUT2D eigenvalue weighted by Gasteiger charge is -2.08. The normalized spacial score (nSPS) is 10.5. The van der Waals surface area contributed by atoms with Crippen molar-refractivity contribution in [1.82, 2.24) is 24.7 Å². The Morgan fingerprint density at radius 3 is 2.85 bits per heavy atom. The smallest absolute Gasteiger partial charge is 0.323 e. The molecular formula is C12H18N6O2. The minimum absolute atomic E-state index is 0.251. The lowest BCUT2D eigenvalue weighted by molar-refractivity contribution is 0.140. The molecule has 1 N–H and O–H groups in total. The van der Waals surface area contributed by atoms with Crippen molar-refractivity contribution in [2.24, 2.45) is 0 Å². The van der Waals surface area contributed by atoms with Crippen molar-refractivity contribution in [2.45, 2.75) is 13.3 Å². The molecule has 0 aliphatic rings. The molecular weight excluding hydrogens is 260 g/mol. The molecule has 0 amide bonds. The van der Waals surface area contributed by atoms with Crippen LogP contribution in [0, 0.1) is 0 Å². The van der Waals surface area contributed by atoms with E-state index in [1.165, 1.54) is 0 Å². The van der Waals surface area contributed by atoms with Crippen LogP contribution in [0.1, 0.15) is 13.3 Å². The average molecular weight is 278 g/mol. The number of hydrogen-bond acceptors (Lipinski definition) is 7. The van der Waals surface area contributed by atoms with Crippen molar-refractivity contribution >= 4 is 5.95 Å². The van der Waals surface area contributed by atoms with Crippen LogP contribution in [-0.2, 0) is 4.74 Å². The maximum atomic E-state index is 5.44. The summed E-state index contributed by atoms with van der Waals surface area (Å²) in [6.45, 7) is 3.70. The second kappa shape index (κ2) is 7.39. The second-order valence-electron chi connectivity index (χ2n) is 3.96. The number of rotatable bonds is 8. The van der Waals surface area contributed by atoms with Gasteiger partial charge in [0, 0.05) is 26.0 Å². The topological polar surface area (TPSA) is 87.0 Å². The zero-order valence-corrected chi connectivity index (χ0v) is 11.6. The third kappa shape index (κ3) is 3.89. The lowest BCUT2D eigenvalue weighted by Crippen LogP contribution is -2.13. The summed E-state index contributed by atoms with van der Waals surface area (Å²) in [5.41, 5.74) is 0. The molecule has 2 aromatic rings. The third-order valence-corrected chi connectivity index (χ3v) is 2.36. The largest absolute Gasteiger partial charge is 0.461 e. The fourth-order valence-corrected chi connectivity index (χ4v) is 1.43. The van der Waals surface area contributed by atoms with Gasteiger partial charge in [0.05, 0.1) is 6.61 Å². The van der Waals surface area contributed by atoms with Gasteiger partial charge in [-0.25, -0.2) is 4.68 Å². The number of anilines is 1. The molecule has 0 aromatic carbocycles. The molecule has 0 aliphatic heterocycles. The van der Waals surface area contributed by atoms with E-state index in [4.69, 9.17) is 9.47 Å². The van der Waals surface area contributed by atoms with E-state index in [9.17, 15) is 0 Å². The van der Waals surface area contributed by atoms with Gasteiger partial charge in [0.15, 0.2) is 0 Å². The van der Waals surface area contributed by atoms with Gasteiger partial charge >= 0.3 is 6.01 Å². The number of ether oxygens (including phenoxy) is 2. The van der Waals surface area contributed by atoms with E-state index < -0.39 is 0 Å². The van der Waals surface area contributed by atoms with Gasteiger partial charge in [0.25, 0.3) is 5.95 Å². The Balaban J connectivity index is 2.19. The molecule has 108 valence electrons. The molecule has 0 radical (unpaired) electrons. The molecule has 0 saturated heterocycles. The van der Waals surface area contributed by atoms with Crippen molar-refractivity contribution in [3.63, 3.8) is 0 Å². The first-order valence-electron chi connectivity index (χ1n) is 6.45. The Hall–Kier alpha value is -2.22. The van der Waals surface area contributed by atoms with Gasteiger partial charge in [-0.2, -0.15) is 20.1 Å². The molecule has 0 spiro atoms. The average Bonchev–Trinajstić information content (AvgIpc) is 2.99. The summed E-state index contributed by atoms with van der Waals surface area (Å²) in [7, 11) is 1.61. The molecule has 0 aliphatic carbocycles. The lowest BCUT2D eigenvalue weighted by atomic mass is 10.5. The van der Waals surface area contributed by atoms with Crippen LogP contribution in [0.4, 0.5) is 5.95 Å². The molecule has 0 unspecified atom stereocenters. The van der Waals surface area contributed by atoms with Crippen molar-refractivity contribution < 1.29 is 9.47 Å². The summed E-state index contributed by atoms with van der Waals surface area (Å²) in [5, 5.41) is 7.21. The summed E-state index contributed by atoms with van der Waals surface area (Å²) >= 11 is 0. The van der Waals surface area contributed by atoms with Crippen molar-refractivity contribution in [1.29, 1.82) is 0 Å². The van der Waals surface area contributed by atoms with Crippen molar-refractivity contribution in [3.8, 4) is 12.0 Å². The number of hydrogen-bond donors (Lipinski definition) is 1. The Kier molecular flexibility index (Phi) is 5.24. The summed E-state index contributed by atoms with van der Waals surface area (Å²) in [4.78, 5) is 12.7. The fourth-order valence-electron chi connectivity index (χ4n) is 1.43. The summed E-state index contributed by atoms with van der Waals surface area (Å²) in [5.74, 6) is 0.885. The van der Waals surface area contributed by atoms with Crippen LogP contribution < -0.4 is 10.1 Å². The molecule has 0 atom stereocenters. The highest BCUT2D eigenvalue weighted by Gasteiger charge is 2.09. The third-order valence-electron chi connectivity index (χ3n) is 2.36. The highest BCUT2D eigenvalue weighted by atomic mass is 16.5. The van der Waals surface area contributed by atoms with Crippen LogP contribution in [0.25, 0.3) is 5.95 Å². The second-order valence-corrected chi connectivity index (χ2v) is 3.96. The minimum Gasteiger partial charge on any atom is -0.461 e. The van der Waals surface area contributed by atoms with Crippen LogP contribution in [0.3, 0.4) is 0 Å². The quantitative estimate of drug-likeness (QED) is 0.718. The zero-order chi connectivity index (χ0) is 14.2. The van der Waals surface area contributed by atoms with E-state index in [0.29, 0.717) is 25.1 Å². The van der Waals surface area contributed by atoms with Crippen LogP contribution in [0.15, 0.2) is 18.5 Å². The maximum Gasteiger partial charge on any atom is 0.323 e. The van der Waals surface area contributed by atoms with Crippen LogP contribution in [0.5, 0.6) is 6.01 Å². The standard InChI is InChI=1S/C12H18N6O2/c1-3-5-13-10-15-11(18-7-4-6-14-18)17-12(16-10)20-9-8-19-2/h4,6-7H,3,5,8-9H2,1-2H3,(H,13,15,16,17). The highest BCUT2D eigenvalue weighted by molar-refractivity contribution is 5.29. The molecule has 0 saturated carbocycles. The first-order valence-corrected chi connectivity index (χ1v) is 6.45. The van der Waals surface area contributed by atoms with Gasteiger partial charge in [-0.1, -0.05) is 6.92 Å². The first-order chi connectivity index (χ1) is 9.83. The Morgan fingerprint density at radius 1 is 1.25 bits per heavy atom. The summed E-state index contributed by atoms with van der Waals surface area (Å²) in [6, 6.07) is 2.05. The fraction of sp³-hybridized carbons (Fsp3) is 0.500. The molecule has 2 rings (SSSR count). The molecule has 2 heterocycles. The monoisotopic (exact) mass is 278 g/mol. The van der Waals surface area contributed by atoms with E-state index >= 15 is 0 Å². The van der Waals surface area contributed by atoms with Crippen molar-refractivity contribution in [2.75, 3.05) is 32.2 Å². The van der Waals surface area contributed by atoms with Crippen molar-refractivity contribution in [3.05, 3.63) is 18.5 Å². The van der Waals surface area contributed by atoms with Gasteiger partial charge in [-0.3, -0.25) is 0 Å². The van der Waals surface area contributed by atoms with E-state index in [0.717, 1.165) is 13.0 Å². The molecule has 20 heavy (non-hydrogen) atoms. The highest BCUT2D eigenvalue weighted by Crippen LogP contribution is 2.10. The van der Waals surface area contributed by atoms with E-state index in [-0.39, 0.29) is 6.01 Å². The molecule has 8 heteroatoms. The van der Waals surface area contributed by atoms with Gasteiger partial charge in [0.2, 0.25) is 5.95 Å². The number of nitrogens with one attached hydrogen (secondary N) is 1. The minimum atomic E-state index is 0.251. The van der Waals surface area contributed by atoms with E-state index in [1.54, 1.807) is 30.3 Å². The summed E-state index contributed by atoms with van der Waals surface area (Å²) < 4.78 is 11.9. The summed E-state index contributed by atoms with van der Waals surface area (Å²) in [6.07, 6.45) is 4.40. The molecule has 2 aromatic heterocycles. The number of aromatic nitrogens is 5. The predicted molar refractivity (Wildman–Crippen MR) is 73.1 cm³/mol. The van der Waals surface area contributed by atoms with Crippen LogP contribution in [-0.4, -0.2) is 51.6 Å². The molecule has 0 fully saturated rings. The molecule has 8 nitrogen and oxygen atoms in total. The Morgan fingerprint density at radius 2 is 2.15 bits per heavy atom. The Labute approximate surface area is 117 Å².